The molecule has 0 aliphatic heterocycles. The fourth-order valence-electron chi connectivity index (χ4n) is 2.41. The molecule has 0 saturated heterocycles. The monoisotopic (exact) mass is 299 g/mol. The third-order valence-electron chi connectivity index (χ3n) is 3.69. The summed E-state index contributed by atoms with van der Waals surface area (Å²) in [6, 6.07) is 9.82. The van der Waals surface area contributed by atoms with Gasteiger partial charge in [0.05, 0.1) is 5.69 Å². The van der Waals surface area contributed by atoms with E-state index >= 15 is 0 Å². The predicted molar refractivity (Wildman–Crippen MR) is 90.8 cm³/mol. The van der Waals surface area contributed by atoms with Gasteiger partial charge in [0.15, 0.2) is 0 Å². The molecular weight excluding hydrogens is 274 g/mol. The summed E-state index contributed by atoms with van der Waals surface area (Å²) in [5.41, 5.74) is 9.59. The second-order valence-corrected chi connectivity index (χ2v) is 6.21. The standard InChI is InChI=1S/C18H25N3O/c1-5-14-6-8-15(9-7-14)17-10-16(13(4)19)18(22)21(20-17)11-12(2)3/h6-10,12-13H,5,11,19H2,1-4H3. The Morgan fingerprint density at radius 3 is 2.32 bits per heavy atom. The van der Waals surface area contributed by atoms with E-state index in [2.05, 4.69) is 50.1 Å². The van der Waals surface area contributed by atoms with Crippen LogP contribution in [0.4, 0.5) is 0 Å². The maximum atomic E-state index is 12.5. The van der Waals surface area contributed by atoms with Gasteiger partial charge < -0.3 is 5.73 Å². The number of nitrogens with zero attached hydrogens (tertiary/aromatic N) is 2. The number of hydrogen-bond donors (Lipinski definition) is 1. The topological polar surface area (TPSA) is 60.9 Å². The van der Waals surface area contributed by atoms with Gasteiger partial charge >= 0.3 is 0 Å². The summed E-state index contributed by atoms with van der Waals surface area (Å²) in [6.45, 7) is 8.70. The molecule has 0 spiro atoms. The molecular formula is C18H25N3O. The lowest BCUT2D eigenvalue weighted by molar-refractivity contribution is 0.460. The first kappa shape index (κ1) is 16.4. The average Bonchev–Trinajstić information content (AvgIpc) is 2.48. The van der Waals surface area contributed by atoms with E-state index in [9.17, 15) is 4.79 Å². The van der Waals surface area contributed by atoms with Gasteiger partial charge in [0.25, 0.3) is 5.56 Å². The fraction of sp³-hybridized carbons (Fsp3) is 0.444. The van der Waals surface area contributed by atoms with E-state index in [1.54, 1.807) is 4.68 Å². The molecule has 1 atom stereocenters. The van der Waals surface area contributed by atoms with Gasteiger partial charge in [-0.1, -0.05) is 45.0 Å². The summed E-state index contributed by atoms with van der Waals surface area (Å²) >= 11 is 0. The van der Waals surface area contributed by atoms with Crippen molar-refractivity contribution in [3.05, 3.63) is 51.8 Å². The van der Waals surface area contributed by atoms with Crippen LogP contribution in [0.5, 0.6) is 0 Å². The summed E-state index contributed by atoms with van der Waals surface area (Å²) < 4.78 is 1.55. The van der Waals surface area contributed by atoms with Crippen LogP contribution in [0.3, 0.4) is 0 Å². The third-order valence-corrected chi connectivity index (χ3v) is 3.69. The normalized spacial score (nSPS) is 12.6. The predicted octanol–water partition coefficient (Wildman–Crippen LogP) is 3.15. The summed E-state index contributed by atoms with van der Waals surface area (Å²) in [5, 5.41) is 4.53. The SMILES string of the molecule is CCc1ccc(-c2cc(C(C)N)c(=O)n(CC(C)C)n2)cc1. The van der Waals surface area contributed by atoms with Gasteiger partial charge in [-0.05, 0) is 30.9 Å². The van der Waals surface area contributed by atoms with Gasteiger partial charge in [0.2, 0.25) is 0 Å². The van der Waals surface area contributed by atoms with E-state index in [-0.39, 0.29) is 11.6 Å². The van der Waals surface area contributed by atoms with E-state index in [1.165, 1.54) is 5.56 Å². The molecule has 118 valence electrons. The molecule has 4 nitrogen and oxygen atoms in total. The molecule has 2 N–H and O–H groups in total. The Morgan fingerprint density at radius 1 is 1.18 bits per heavy atom. The number of hydrogen-bond acceptors (Lipinski definition) is 3. The van der Waals surface area contributed by atoms with Crippen molar-refractivity contribution < 1.29 is 0 Å². The Labute approximate surface area is 132 Å². The van der Waals surface area contributed by atoms with Crippen LogP contribution in [0.25, 0.3) is 11.3 Å². The van der Waals surface area contributed by atoms with Gasteiger partial charge in [-0.2, -0.15) is 5.10 Å². The molecule has 0 fully saturated rings. The first-order valence-electron chi connectivity index (χ1n) is 7.89. The van der Waals surface area contributed by atoms with Crippen LogP contribution in [0, 0.1) is 5.92 Å². The van der Waals surface area contributed by atoms with Crippen LogP contribution in [0.2, 0.25) is 0 Å². The zero-order valence-electron chi connectivity index (χ0n) is 13.8. The molecule has 1 aromatic heterocycles. The Hall–Kier alpha value is -1.94. The minimum absolute atomic E-state index is 0.0855. The zero-order chi connectivity index (χ0) is 16.3. The number of nitrogens with two attached hydrogens (primary N) is 1. The van der Waals surface area contributed by atoms with Crippen molar-refractivity contribution in [1.29, 1.82) is 0 Å². The zero-order valence-corrected chi connectivity index (χ0v) is 13.8. The first-order chi connectivity index (χ1) is 10.4. The van der Waals surface area contributed by atoms with Crippen LogP contribution in [-0.4, -0.2) is 9.78 Å². The molecule has 2 rings (SSSR count). The molecule has 2 aromatic rings. The molecule has 1 aromatic carbocycles. The van der Waals surface area contributed by atoms with E-state index in [1.807, 2.05) is 13.0 Å². The highest BCUT2D eigenvalue weighted by atomic mass is 16.1. The number of benzene rings is 1. The first-order valence-corrected chi connectivity index (χ1v) is 7.89. The van der Waals surface area contributed by atoms with Gasteiger partial charge in [0.1, 0.15) is 0 Å². The molecule has 0 aliphatic carbocycles. The minimum atomic E-state index is -0.303. The maximum absolute atomic E-state index is 12.5. The van der Waals surface area contributed by atoms with Crippen molar-refractivity contribution in [3.63, 3.8) is 0 Å². The molecule has 0 bridgehead atoms. The molecule has 0 radical (unpaired) electrons. The summed E-state index contributed by atoms with van der Waals surface area (Å²) in [4.78, 5) is 12.5. The lowest BCUT2D eigenvalue weighted by Crippen LogP contribution is -2.31. The van der Waals surface area contributed by atoms with E-state index in [0.29, 0.717) is 18.0 Å². The molecule has 4 heteroatoms. The van der Waals surface area contributed by atoms with Crippen LogP contribution < -0.4 is 11.3 Å². The molecule has 0 saturated carbocycles. The van der Waals surface area contributed by atoms with Gasteiger partial charge in [0, 0.05) is 23.7 Å². The fourth-order valence-corrected chi connectivity index (χ4v) is 2.41. The summed E-state index contributed by atoms with van der Waals surface area (Å²) in [5.74, 6) is 0.351. The Kier molecular flexibility index (Phi) is 5.14. The van der Waals surface area contributed by atoms with Crippen molar-refractivity contribution in [2.45, 2.75) is 46.7 Å². The Bertz CT molecular complexity index is 684. The second-order valence-electron chi connectivity index (χ2n) is 6.21. The van der Waals surface area contributed by atoms with Crippen LogP contribution >= 0.6 is 0 Å². The van der Waals surface area contributed by atoms with E-state index in [0.717, 1.165) is 17.7 Å². The number of aromatic nitrogens is 2. The van der Waals surface area contributed by atoms with E-state index < -0.39 is 0 Å². The molecule has 1 heterocycles. The smallest absolute Gasteiger partial charge is 0.271 e. The van der Waals surface area contributed by atoms with Crippen molar-refractivity contribution >= 4 is 0 Å². The maximum Gasteiger partial charge on any atom is 0.271 e. The number of rotatable bonds is 5. The van der Waals surface area contributed by atoms with Gasteiger partial charge in [-0.15, -0.1) is 0 Å². The highest BCUT2D eigenvalue weighted by Crippen LogP contribution is 2.19. The van der Waals surface area contributed by atoms with Crippen molar-refractivity contribution in [2.75, 3.05) is 0 Å². The van der Waals surface area contributed by atoms with Crippen LogP contribution in [0.1, 0.15) is 44.9 Å². The largest absolute Gasteiger partial charge is 0.324 e. The lowest BCUT2D eigenvalue weighted by Gasteiger charge is -2.14. The van der Waals surface area contributed by atoms with Crippen molar-refractivity contribution in [3.8, 4) is 11.3 Å². The van der Waals surface area contributed by atoms with Crippen LogP contribution in [-0.2, 0) is 13.0 Å². The molecule has 22 heavy (non-hydrogen) atoms. The number of aryl methyl sites for hydroxylation is 1. The minimum Gasteiger partial charge on any atom is -0.324 e. The Morgan fingerprint density at radius 2 is 1.82 bits per heavy atom. The highest BCUT2D eigenvalue weighted by Gasteiger charge is 2.13. The average molecular weight is 299 g/mol. The van der Waals surface area contributed by atoms with E-state index in [4.69, 9.17) is 5.73 Å². The summed E-state index contributed by atoms with van der Waals surface area (Å²) in [6.07, 6.45) is 1.01. The molecule has 0 aliphatic rings. The lowest BCUT2D eigenvalue weighted by atomic mass is 10.0. The quantitative estimate of drug-likeness (QED) is 0.922. The Balaban J connectivity index is 2.54. The summed E-state index contributed by atoms with van der Waals surface area (Å²) in [7, 11) is 0. The second kappa shape index (κ2) is 6.88. The molecule has 1 unspecified atom stereocenters. The highest BCUT2D eigenvalue weighted by molar-refractivity contribution is 5.59. The van der Waals surface area contributed by atoms with Crippen LogP contribution in [0.15, 0.2) is 35.1 Å². The van der Waals surface area contributed by atoms with Crippen molar-refractivity contribution in [2.24, 2.45) is 11.7 Å². The van der Waals surface area contributed by atoms with Crippen molar-refractivity contribution in [1.82, 2.24) is 9.78 Å². The van der Waals surface area contributed by atoms with Gasteiger partial charge in [-0.25, -0.2) is 4.68 Å². The van der Waals surface area contributed by atoms with Gasteiger partial charge in [-0.3, -0.25) is 4.79 Å². The third kappa shape index (κ3) is 3.63. The molecule has 0 amide bonds.